The van der Waals surface area contributed by atoms with Crippen molar-refractivity contribution in [1.82, 2.24) is 25.2 Å². The van der Waals surface area contributed by atoms with Crippen LogP contribution in [0.3, 0.4) is 0 Å². The fourth-order valence-corrected chi connectivity index (χ4v) is 7.01. The van der Waals surface area contributed by atoms with Crippen LogP contribution >= 0.6 is 0 Å². The number of anilines is 2. The molecular weight excluding hydrogens is 686 g/mol. The van der Waals surface area contributed by atoms with Gasteiger partial charge in [-0.1, -0.05) is 38.0 Å². The summed E-state index contributed by atoms with van der Waals surface area (Å²) in [5, 5.41) is 23.0. The van der Waals surface area contributed by atoms with Gasteiger partial charge in [0.15, 0.2) is 22.8 Å². The average Bonchev–Trinajstić information content (AvgIpc) is 3.97. The Balaban J connectivity index is 0.000000176. The molecule has 2 aliphatic rings. The molecule has 54 heavy (non-hydrogen) atoms. The number of aromatic nitrogens is 4. The molecule has 6 aromatic rings. The zero-order valence-electron chi connectivity index (χ0n) is 33.2. The van der Waals surface area contributed by atoms with Crippen molar-refractivity contribution in [3.63, 3.8) is 0 Å². The quantitative estimate of drug-likeness (QED) is 0.154. The SMILES string of the molecule is CC.Cc1noc(C)c1-c1cc2cc(C(C)C)oc2c(N2CCN(C)CC2)n1.Cc1noc(C)c1-c1cc2cc(CO)oc2c(NCC2CCOCC2)n1. The summed E-state index contributed by atoms with van der Waals surface area (Å²) in [6.07, 6.45) is 2.08. The van der Waals surface area contributed by atoms with Crippen molar-refractivity contribution in [2.75, 3.05) is 63.2 Å². The number of pyridine rings is 2. The summed E-state index contributed by atoms with van der Waals surface area (Å²) in [6.45, 7) is 22.2. The van der Waals surface area contributed by atoms with Crippen LogP contribution in [-0.4, -0.2) is 83.3 Å². The van der Waals surface area contributed by atoms with E-state index in [1.54, 1.807) is 0 Å². The van der Waals surface area contributed by atoms with E-state index in [0.29, 0.717) is 29.0 Å². The van der Waals surface area contributed by atoms with E-state index in [1.165, 1.54) is 0 Å². The van der Waals surface area contributed by atoms with Crippen molar-refractivity contribution in [2.45, 2.75) is 80.8 Å². The Morgan fingerprint density at radius 1 is 0.796 bits per heavy atom. The highest BCUT2D eigenvalue weighted by molar-refractivity contribution is 5.92. The van der Waals surface area contributed by atoms with Crippen LogP contribution in [0.5, 0.6) is 0 Å². The van der Waals surface area contributed by atoms with Crippen LogP contribution in [0.4, 0.5) is 11.6 Å². The first-order chi connectivity index (χ1) is 26.1. The number of rotatable bonds is 8. The monoisotopic (exact) mass is 741 g/mol. The van der Waals surface area contributed by atoms with Crippen LogP contribution in [-0.2, 0) is 11.3 Å². The molecule has 6 aromatic heterocycles. The number of hydrogen-bond acceptors (Lipinski definition) is 13. The number of likely N-dealkylation sites (N-methyl/N-ethyl adjacent to an activating group) is 1. The fraction of sp³-hybridized carbons (Fsp3) is 0.512. The van der Waals surface area contributed by atoms with E-state index < -0.39 is 0 Å². The maximum Gasteiger partial charge on any atom is 0.176 e. The molecule has 0 bridgehead atoms. The highest BCUT2D eigenvalue weighted by Gasteiger charge is 2.24. The Hall–Kier alpha value is -4.72. The number of nitrogens with zero attached hydrogens (tertiary/aromatic N) is 6. The standard InChI is InChI=1S/C20H26N4O2.C19H23N3O4.C2H6/c1-12(2)17-11-15-10-16(18-13(3)22-26-14(18)4)21-20(19(15)25-17)24-8-6-23(5)7-9-24;1-11-17(12(2)26-22-11)16-8-14-7-15(10-23)25-18(14)19(21-16)20-9-13-3-5-24-6-4-13;1-2/h10-12H,6-9H2,1-5H3;7-8,13,23H,3-6,9-10H2,1-2H3,(H,20,21);1-2H3. The van der Waals surface area contributed by atoms with E-state index in [0.717, 1.165) is 132 Å². The highest BCUT2D eigenvalue weighted by Crippen LogP contribution is 2.37. The second kappa shape index (κ2) is 17.2. The van der Waals surface area contributed by atoms with Gasteiger partial charge in [-0.05, 0) is 77.8 Å². The lowest BCUT2D eigenvalue weighted by atomic mass is 10.0. The third-order valence-corrected chi connectivity index (χ3v) is 10.1. The number of hydrogen-bond donors (Lipinski definition) is 2. The number of aliphatic hydroxyl groups is 1. The van der Waals surface area contributed by atoms with E-state index in [4.69, 9.17) is 32.6 Å². The average molecular weight is 742 g/mol. The summed E-state index contributed by atoms with van der Waals surface area (Å²) in [7, 11) is 2.16. The van der Waals surface area contributed by atoms with Crippen molar-refractivity contribution in [3.05, 3.63) is 58.7 Å². The fourth-order valence-electron chi connectivity index (χ4n) is 7.01. The summed E-state index contributed by atoms with van der Waals surface area (Å²) in [5.74, 6) is 5.55. The summed E-state index contributed by atoms with van der Waals surface area (Å²) in [6, 6.07) is 8.03. The molecule has 13 heteroatoms. The van der Waals surface area contributed by atoms with Gasteiger partial charge in [0.2, 0.25) is 0 Å². The summed E-state index contributed by atoms with van der Waals surface area (Å²) < 4.78 is 28.1. The second-order valence-corrected chi connectivity index (χ2v) is 14.3. The van der Waals surface area contributed by atoms with Gasteiger partial charge in [0.25, 0.3) is 0 Å². The lowest BCUT2D eigenvalue weighted by Gasteiger charge is -2.33. The van der Waals surface area contributed by atoms with E-state index in [-0.39, 0.29) is 6.61 Å². The number of fused-ring (bicyclic) bond motifs is 2. The Morgan fingerprint density at radius 2 is 1.39 bits per heavy atom. The number of nitrogens with one attached hydrogen (secondary N) is 1. The molecule has 2 N–H and O–H groups in total. The van der Waals surface area contributed by atoms with Gasteiger partial charge in [-0.3, -0.25) is 0 Å². The maximum absolute atomic E-state index is 9.43. The number of piperazine rings is 1. The van der Waals surface area contributed by atoms with Crippen LogP contribution < -0.4 is 10.2 Å². The molecule has 2 aliphatic heterocycles. The Kier molecular flexibility index (Phi) is 12.4. The zero-order chi connectivity index (χ0) is 38.5. The normalized spacial score (nSPS) is 15.4. The number of furan rings is 2. The maximum atomic E-state index is 9.43. The van der Waals surface area contributed by atoms with E-state index in [2.05, 4.69) is 58.5 Å². The molecule has 0 amide bonds. The molecule has 2 saturated heterocycles. The Morgan fingerprint density at radius 3 is 1.94 bits per heavy atom. The van der Waals surface area contributed by atoms with Crippen LogP contribution in [0.1, 0.15) is 80.9 Å². The van der Waals surface area contributed by atoms with Gasteiger partial charge in [0.1, 0.15) is 29.6 Å². The van der Waals surface area contributed by atoms with Crippen LogP contribution in [0, 0.1) is 33.6 Å². The lowest BCUT2D eigenvalue weighted by Crippen LogP contribution is -2.44. The largest absolute Gasteiger partial charge is 0.457 e. The second-order valence-electron chi connectivity index (χ2n) is 14.3. The number of aryl methyl sites for hydroxylation is 4. The molecule has 0 aromatic carbocycles. The predicted octanol–water partition coefficient (Wildman–Crippen LogP) is 8.43. The molecule has 0 unspecified atom stereocenters. The summed E-state index contributed by atoms with van der Waals surface area (Å²) in [4.78, 5) is 14.5. The van der Waals surface area contributed by atoms with Gasteiger partial charge in [0, 0.05) is 62.6 Å². The molecule has 0 saturated carbocycles. The molecule has 2 fully saturated rings. The van der Waals surface area contributed by atoms with Gasteiger partial charge >= 0.3 is 0 Å². The van der Waals surface area contributed by atoms with Crippen LogP contribution in [0.25, 0.3) is 44.5 Å². The van der Waals surface area contributed by atoms with E-state index in [9.17, 15) is 5.11 Å². The molecule has 13 nitrogen and oxygen atoms in total. The number of aliphatic hydroxyl groups excluding tert-OH is 1. The third-order valence-electron chi connectivity index (χ3n) is 10.1. The van der Waals surface area contributed by atoms with E-state index in [1.807, 2.05) is 53.7 Å². The first-order valence-corrected chi connectivity index (χ1v) is 19.2. The molecule has 8 rings (SSSR count). The highest BCUT2D eigenvalue weighted by atomic mass is 16.5. The Labute approximate surface area is 317 Å². The molecule has 0 aliphatic carbocycles. The smallest absolute Gasteiger partial charge is 0.176 e. The zero-order valence-corrected chi connectivity index (χ0v) is 33.2. The van der Waals surface area contributed by atoms with Gasteiger partial charge in [-0.25, -0.2) is 9.97 Å². The summed E-state index contributed by atoms with van der Waals surface area (Å²) in [5.41, 5.74) is 6.78. The molecule has 0 radical (unpaired) electrons. The molecule has 290 valence electrons. The minimum absolute atomic E-state index is 0.144. The van der Waals surface area contributed by atoms with Crippen LogP contribution in [0.2, 0.25) is 0 Å². The molecular formula is C41H55N7O6. The van der Waals surface area contributed by atoms with Gasteiger partial charge < -0.3 is 42.8 Å². The van der Waals surface area contributed by atoms with Crippen molar-refractivity contribution in [2.24, 2.45) is 5.92 Å². The predicted molar refractivity (Wildman–Crippen MR) is 211 cm³/mol. The van der Waals surface area contributed by atoms with E-state index >= 15 is 0 Å². The van der Waals surface area contributed by atoms with Crippen molar-refractivity contribution < 1.29 is 27.7 Å². The van der Waals surface area contributed by atoms with Crippen LogP contribution in [0.15, 0.2) is 42.1 Å². The first-order valence-electron chi connectivity index (χ1n) is 19.2. The van der Waals surface area contributed by atoms with Crippen molar-refractivity contribution in [1.29, 1.82) is 0 Å². The van der Waals surface area contributed by atoms with Gasteiger partial charge in [-0.15, -0.1) is 0 Å². The molecule has 0 spiro atoms. The summed E-state index contributed by atoms with van der Waals surface area (Å²) >= 11 is 0. The first kappa shape index (κ1) is 39.0. The third kappa shape index (κ3) is 8.33. The lowest BCUT2D eigenvalue weighted by molar-refractivity contribution is 0.0699. The Bertz CT molecular complexity index is 2110. The van der Waals surface area contributed by atoms with Gasteiger partial charge in [-0.2, -0.15) is 0 Å². The minimum atomic E-state index is -0.144. The molecule has 0 atom stereocenters. The topological polar surface area (TPSA) is 152 Å². The number of ether oxygens (including phenoxy) is 1. The van der Waals surface area contributed by atoms with Crippen molar-refractivity contribution in [3.8, 4) is 22.5 Å². The van der Waals surface area contributed by atoms with Gasteiger partial charge in [0.05, 0.1) is 33.9 Å². The molecule has 8 heterocycles. The van der Waals surface area contributed by atoms with Crippen molar-refractivity contribution >= 4 is 33.6 Å². The minimum Gasteiger partial charge on any atom is -0.457 e.